The summed E-state index contributed by atoms with van der Waals surface area (Å²) in [5.74, 6) is -0.933. The topological polar surface area (TPSA) is 81.0 Å². The highest BCUT2D eigenvalue weighted by molar-refractivity contribution is 6.30. The first-order chi connectivity index (χ1) is 12.4. The second kappa shape index (κ2) is 7.76. The largest absolute Gasteiger partial charge is 0.480 e. The number of aliphatic hydroxyl groups is 2. The van der Waals surface area contributed by atoms with Crippen molar-refractivity contribution in [1.82, 2.24) is 4.90 Å². The highest BCUT2D eigenvalue weighted by Gasteiger charge is 2.38. The Morgan fingerprint density at radius 3 is 2.38 bits per heavy atom. The summed E-state index contributed by atoms with van der Waals surface area (Å²) in [6, 6.07) is 13.3. The SMILES string of the molecule is O=C(O)[C@H](c1cccc(CO)c1)N1CCC(O)(c2ccc(Cl)cc2)CC1. The van der Waals surface area contributed by atoms with Gasteiger partial charge in [0.05, 0.1) is 12.2 Å². The number of aliphatic hydroxyl groups excluding tert-OH is 1. The lowest BCUT2D eigenvalue weighted by molar-refractivity contribution is -0.146. The number of carboxylic acid groups (broad SMARTS) is 1. The number of nitrogens with zero attached hydrogens (tertiary/aromatic N) is 1. The van der Waals surface area contributed by atoms with E-state index in [0.29, 0.717) is 42.1 Å². The molecule has 1 aliphatic rings. The number of aliphatic carboxylic acids is 1. The number of hydrogen-bond donors (Lipinski definition) is 3. The fourth-order valence-electron chi connectivity index (χ4n) is 3.57. The molecule has 0 bridgehead atoms. The summed E-state index contributed by atoms with van der Waals surface area (Å²) >= 11 is 5.92. The number of benzene rings is 2. The van der Waals surface area contributed by atoms with E-state index in [1.807, 2.05) is 17.0 Å². The number of piperidine rings is 1. The van der Waals surface area contributed by atoms with Crippen LogP contribution >= 0.6 is 11.6 Å². The number of carboxylic acids is 1. The zero-order chi connectivity index (χ0) is 18.7. The van der Waals surface area contributed by atoms with Crippen molar-refractivity contribution >= 4 is 17.6 Å². The van der Waals surface area contributed by atoms with Crippen LogP contribution in [0, 0.1) is 0 Å². The predicted octanol–water partition coefficient (Wildman–Crippen LogP) is 2.94. The zero-order valence-corrected chi connectivity index (χ0v) is 15.1. The number of hydrogen-bond acceptors (Lipinski definition) is 4. The average molecular weight is 376 g/mol. The maximum Gasteiger partial charge on any atom is 0.325 e. The summed E-state index contributed by atoms with van der Waals surface area (Å²) in [7, 11) is 0. The number of rotatable bonds is 5. The van der Waals surface area contributed by atoms with Crippen LogP contribution in [0.15, 0.2) is 48.5 Å². The molecule has 0 aliphatic carbocycles. The van der Waals surface area contributed by atoms with Crippen molar-refractivity contribution in [2.24, 2.45) is 0 Å². The molecule has 3 rings (SSSR count). The van der Waals surface area contributed by atoms with Crippen molar-refractivity contribution in [3.63, 3.8) is 0 Å². The maximum atomic E-state index is 11.9. The Morgan fingerprint density at radius 1 is 1.15 bits per heavy atom. The molecule has 0 spiro atoms. The molecule has 1 fully saturated rings. The van der Waals surface area contributed by atoms with Gasteiger partial charge in [0.1, 0.15) is 6.04 Å². The van der Waals surface area contributed by atoms with Gasteiger partial charge < -0.3 is 15.3 Å². The fourth-order valence-corrected chi connectivity index (χ4v) is 3.70. The van der Waals surface area contributed by atoms with E-state index < -0.39 is 17.6 Å². The lowest BCUT2D eigenvalue weighted by Crippen LogP contribution is -2.46. The van der Waals surface area contributed by atoms with Gasteiger partial charge in [0, 0.05) is 18.1 Å². The molecule has 2 aromatic rings. The normalized spacial score (nSPS) is 18.4. The van der Waals surface area contributed by atoms with E-state index in [1.165, 1.54) is 0 Å². The molecule has 3 N–H and O–H groups in total. The molecule has 1 atom stereocenters. The van der Waals surface area contributed by atoms with E-state index in [-0.39, 0.29) is 6.61 Å². The van der Waals surface area contributed by atoms with Crippen LogP contribution in [0.5, 0.6) is 0 Å². The third-order valence-electron chi connectivity index (χ3n) is 5.06. The lowest BCUT2D eigenvalue weighted by Gasteiger charge is -2.41. The van der Waals surface area contributed by atoms with Crippen molar-refractivity contribution in [3.05, 3.63) is 70.2 Å². The third-order valence-corrected chi connectivity index (χ3v) is 5.31. The third kappa shape index (κ3) is 3.91. The highest BCUT2D eigenvalue weighted by Crippen LogP contribution is 2.36. The molecule has 26 heavy (non-hydrogen) atoms. The van der Waals surface area contributed by atoms with Crippen LogP contribution in [-0.2, 0) is 17.0 Å². The van der Waals surface area contributed by atoms with Crippen LogP contribution in [0.25, 0.3) is 0 Å². The first kappa shape index (κ1) is 18.9. The van der Waals surface area contributed by atoms with Gasteiger partial charge in [-0.25, -0.2) is 0 Å². The van der Waals surface area contributed by atoms with Gasteiger partial charge in [-0.15, -0.1) is 0 Å². The molecule has 1 aliphatic heterocycles. The van der Waals surface area contributed by atoms with Crippen LogP contribution in [0.4, 0.5) is 0 Å². The standard InChI is InChI=1S/C20H22ClNO4/c21-17-6-4-16(5-7-17)20(26)8-10-22(11-9-20)18(19(24)25)15-3-1-2-14(12-15)13-23/h1-7,12,18,23,26H,8-11,13H2,(H,24,25)/t18-/m0/s1. The lowest BCUT2D eigenvalue weighted by atomic mass is 9.83. The van der Waals surface area contributed by atoms with Gasteiger partial charge in [-0.2, -0.15) is 0 Å². The van der Waals surface area contributed by atoms with Gasteiger partial charge in [-0.05, 0) is 41.7 Å². The van der Waals surface area contributed by atoms with Crippen molar-refractivity contribution in [1.29, 1.82) is 0 Å². The Hall–Kier alpha value is -1.92. The van der Waals surface area contributed by atoms with E-state index in [9.17, 15) is 20.1 Å². The number of halogens is 1. The minimum Gasteiger partial charge on any atom is -0.480 e. The summed E-state index contributed by atoms with van der Waals surface area (Å²) in [5.41, 5.74) is 1.15. The van der Waals surface area contributed by atoms with E-state index in [0.717, 1.165) is 5.56 Å². The Bertz CT molecular complexity index is 770. The summed E-state index contributed by atoms with van der Waals surface area (Å²) in [4.78, 5) is 13.8. The Morgan fingerprint density at radius 2 is 1.81 bits per heavy atom. The maximum absolute atomic E-state index is 11.9. The Balaban J connectivity index is 1.78. The molecule has 6 heteroatoms. The number of carbonyl (C=O) groups is 1. The van der Waals surface area contributed by atoms with Crippen LogP contribution in [0.1, 0.15) is 35.6 Å². The van der Waals surface area contributed by atoms with Gasteiger partial charge in [0.15, 0.2) is 0 Å². The summed E-state index contributed by atoms with van der Waals surface area (Å²) < 4.78 is 0. The zero-order valence-electron chi connectivity index (χ0n) is 14.3. The van der Waals surface area contributed by atoms with Crippen LogP contribution in [-0.4, -0.2) is 39.3 Å². The van der Waals surface area contributed by atoms with Gasteiger partial charge in [-0.3, -0.25) is 9.69 Å². The molecule has 1 heterocycles. The summed E-state index contributed by atoms with van der Waals surface area (Å²) in [6.45, 7) is 0.787. The summed E-state index contributed by atoms with van der Waals surface area (Å²) in [5, 5.41) is 30.6. The van der Waals surface area contributed by atoms with Gasteiger partial charge >= 0.3 is 5.97 Å². The van der Waals surface area contributed by atoms with Gasteiger partial charge in [0.25, 0.3) is 0 Å². The molecule has 138 valence electrons. The second-order valence-corrected chi connectivity index (χ2v) is 7.15. The van der Waals surface area contributed by atoms with Crippen LogP contribution < -0.4 is 0 Å². The monoisotopic (exact) mass is 375 g/mol. The van der Waals surface area contributed by atoms with E-state index >= 15 is 0 Å². The molecular formula is C20H22ClNO4. The van der Waals surface area contributed by atoms with Crippen molar-refractivity contribution in [2.75, 3.05) is 13.1 Å². The smallest absolute Gasteiger partial charge is 0.325 e. The molecule has 2 aromatic carbocycles. The van der Waals surface area contributed by atoms with E-state index in [4.69, 9.17) is 11.6 Å². The van der Waals surface area contributed by atoms with Crippen molar-refractivity contribution < 1.29 is 20.1 Å². The van der Waals surface area contributed by atoms with Crippen LogP contribution in [0.3, 0.4) is 0 Å². The van der Waals surface area contributed by atoms with Gasteiger partial charge in [-0.1, -0.05) is 48.0 Å². The first-order valence-corrected chi connectivity index (χ1v) is 8.96. The minimum atomic E-state index is -0.975. The Labute approximate surface area is 157 Å². The fraction of sp³-hybridized carbons (Fsp3) is 0.350. The quantitative estimate of drug-likeness (QED) is 0.748. The highest BCUT2D eigenvalue weighted by atomic mass is 35.5. The molecule has 0 amide bonds. The predicted molar refractivity (Wildman–Crippen MR) is 98.9 cm³/mol. The summed E-state index contributed by atoms with van der Waals surface area (Å²) in [6.07, 6.45) is 0.885. The molecular weight excluding hydrogens is 354 g/mol. The molecule has 0 saturated carbocycles. The van der Waals surface area contributed by atoms with Crippen molar-refractivity contribution in [3.8, 4) is 0 Å². The van der Waals surface area contributed by atoms with Gasteiger partial charge in [0.2, 0.25) is 0 Å². The van der Waals surface area contributed by atoms with Crippen molar-refractivity contribution in [2.45, 2.75) is 31.1 Å². The molecule has 0 aromatic heterocycles. The van der Waals surface area contributed by atoms with E-state index in [2.05, 4.69) is 0 Å². The molecule has 0 unspecified atom stereocenters. The van der Waals surface area contributed by atoms with E-state index in [1.54, 1.807) is 36.4 Å². The molecule has 0 radical (unpaired) electrons. The number of likely N-dealkylation sites (tertiary alicyclic amines) is 1. The first-order valence-electron chi connectivity index (χ1n) is 8.58. The minimum absolute atomic E-state index is 0.128. The Kier molecular flexibility index (Phi) is 5.63. The van der Waals surface area contributed by atoms with Crippen LogP contribution in [0.2, 0.25) is 5.02 Å². The molecule has 5 nitrogen and oxygen atoms in total. The average Bonchev–Trinajstić information content (AvgIpc) is 2.64. The molecule has 1 saturated heterocycles. The second-order valence-electron chi connectivity index (χ2n) is 6.72.